The number of fused-ring (bicyclic) bond motifs is 3. The molecule has 0 spiro atoms. The summed E-state index contributed by atoms with van der Waals surface area (Å²) < 4.78 is 2.46. The zero-order valence-corrected chi connectivity index (χ0v) is 36.4. The molecule has 10 aromatic carbocycles. The Morgan fingerprint density at radius 1 is 0.355 bits per heavy atom. The summed E-state index contributed by atoms with van der Waals surface area (Å²) in [5.41, 5.74) is 14.7. The van der Waals surface area contributed by atoms with E-state index in [0.717, 1.165) is 17.1 Å². The minimum absolute atomic E-state index is 0.0396. The van der Waals surface area contributed by atoms with Crippen LogP contribution in [0.2, 0.25) is 0 Å². The molecule has 1 aromatic heterocycles. The van der Waals surface area contributed by atoms with E-state index in [9.17, 15) is 0 Å². The van der Waals surface area contributed by atoms with Gasteiger partial charge in [-0.05, 0) is 114 Å². The molecule has 0 fully saturated rings. The molecule has 0 amide bonds. The maximum Gasteiger partial charge on any atom is 0.0541 e. The molecule has 0 unspecified atom stereocenters. The lowest BCUT2D eigenvalue weighted by molar-refractivity contribution is 0.569. The van der Waals surface area contributed by atoms with Crippen LogP contribution in [0.4, 0.5) is 17.1 Å². The first-order chi connectivity index (χ1) is 30.0. The third-order valence-corrected chi connectivity index (χ3v) is 13.0. The van der Waals surface area contributed by atoms with E-state index in [1.807, 2.05) is 0 Å². The molecule has 0 aliphatic rings. The number of aromatic nitrogens is 1. The Morgan fingerprint density at radius 2 is 0.806 bits per heavy atom. The van der Waals surface area contributed by atoms with Crippen molar-refractivity contribution in [1.29, 1.82) is 0 Å². The van der Waals surface area contributed by atoms with Gasteiger partial charge in [-0.2, -0.15) is 0 Å². The van der Waals surface area contributed by atoms with Gasteiger partial charge in [-0.3, -0.25) is 0 Å². The number of benzene rings is 10. The number of hydrogen-bond donors (Lipinski definition) is 0. The molecule has 0 saturated carbocycles. The normalized spacial score (nSPS) is 12.4. The van der Waals surface area contributed by atoms with Crippen molar-refractivity contribution in [2.45, 2.75) is 52.4 Å². The van der Waals surface area contributed by atoms with Crippen LogP contribution in [0.25, 0.3) is 82.1 Å². The highest BCUT2D eigenvalue weighted by Crippen LogP contribution is 2.46. The van der Waals surface area contributed by atoms with Crippen LogP contribution in [0, 0.1) is 0 Å². The summed E-state index contributed by atoms with van der Waals surface area (Å²) in [6.45, 7) is 13.9. The van der Waals surface area contributed by atoms with E-state index in [-0.39, 0.29) is 10.8 Å². The van der Waals surface area contributed by atoms with E-state index in [0.29, 0.717) is 0 Å². The summed E-state index contributed by atoms with van der Waals surface area (Å²) in [6, 6.07) is 72.3. The molecule has 11 aromatic rings. The second-order valence-corrected chi connectivity index (χ2v) is 19.1. The highest BCUT2D eigenvalue weighted by Gasteiger charge is 2.23. The Hall–Kier alpha value is -7.16. The smallest absolute Gasteiger partial charge is 0.0541 e. The van der Waals surface area contributed by atoms with Crippen LogP contribution in [0.5, 0.6) is 0 Å². The maximum atomic E-state index is 2.46. The lowest BCUT2D eigenvalue weighted by atomic mass is 9.79. The SMILES string of the molecule is CC(C)(C)c1cc(-c2ccc(N(c3ccc(-c4ccccc4)cc3)c3ccc4ccc5c(-n6c7ccccc7c7ccccc76)ccc6ccc3c4c65)cc2)cc(C(C)(C)C)c1. The van der Waals surface area contributed by atoms with Crippen molar-refractivity contribution >= 4 is 71.2 Å². The molecule has 1 heterocycles. The van der Waals surface area contributed by atoms with E-state index in [1.165, 1.54) is 93.2 Å². The van der Waals surface area contributed by atoms with Gasteiger partial charge in [0, 0.05) is 32.9 Å². The molecule has 62 heavy (non-hydrogen) atoms. The van der Waals surface area contributed by atoms with Gasteiger partial charge in [-0.1, -0.05) is 187 Å². The van der Waals surface area contributed by atoms with Crippen molar-refractivity contribution < 1.29 is 0 Å². The van der Waals surface area contributed by atoms with Gasteiger partial charge in [-0.25, -0.2) is 0 Å². The molecule has 11 rings (SSSR count). The average molecular weight is 799 g/mol. The zero-order valence-electron chi connectivity index (χ0n) is 36.4. The third-order valence-electron chi connectivity index (χ3n) is 13.0. The maximum absolute atomic E-state index is 2.46. The topological polar surface area (TPSA) is 8.17 Å². The van der Waals surface area contributed by atoms with Gasteiger partial charge in [-0.15, -0.1) is 0 Å². The molecule has 0 N–H and O–H groups in total. The molecule has 0 atom stereocenters. The number of hydrogen-bond acceptors (Lipinski definition) is 1. The fourth-order valence-corrected chi connectivity index (χ4v) is 9.67. The lowest BCUT2D eigenvalue weighted by Gasteiger charge is -2.28. The third kappa shape index (κ3) is 6.24. The Kier molecular flexibility index (Phi) is 8.67. The summed E-state index contributed by atoms with van der Waals surface area (Å²) in [6.07, 6.45) is 0. The quantitative estimate of drug-likeness (QED) is 0.152. The van der Waals surface area contributed by atoms with Crippen LogP contribution in [-0.2, 0) is 10.8 Å². The Balaban J connectivity index is 1.11. The van der Waals surface area contributed by atoms with Crippen LogP contribution in [0.3, 0.4) is 0 Å². The number of anilines is 3. The van der Waals surface area contributed by atoms with Gasteiger partial charge >= 0.3 is 0 Å². The molecular weight excluding hydrogens is 749 g/mol. The molecule has 0 radical (unpaired) electrons. The molecule has 0 aliphatic carbocycles. The monoisotopic (exact) mass is 798 g/mol. The van der Waals surface area contributed by atoms with Gasteiger partial charge in [0.15, 0.2) is 0 Å². The van der Waals surface area contributed by atoms with E-state index in [4.69, 9.17) is 0 Å². The van der Waals surface area contributed by atoms with E-state index >= 15 is 0 Å². The van der Waals surface area contributed by atoms with Crippen molar-refractivity contribution in [3.8, 4) is 27.9 Å². The number of rotatable bonds is 6. The second kappa shape index (κ2) is 14.2. The molecular formula is C60H50N2. The van der Waals surface area contributed by atoms with Crippen LogP contribution >= 0.6 is 0 Å². The van der Waals surface area contributed by atoms with E-state index in [1.54, 1.807) is 0 Å². The van der Waals surface area contributed by atoms with Gasteiger partial charge in [0.2, 0.25) is 0 Å². The first kappa shape index (κ1) is 37.8. The minimum Gasteiger partial charge on any atom is -0.310 e. The van der Waals surface area contributed by atoms with Crippen LogP contribution < -0.4 is 4.90 Å². The standard InChI is InChI=1S/C60H50N2/c1-59(2,3)45-36-44(37-46(38-45)60(4,5)6)41-22-30-48(31-23-41)61(47-28-20-40(21-29-47)39-14-8-7-9-15-39)55-34-26-42-25-33-52-56(35-27-43-24-32-51(55)57(42)58(43)52)62-53-18-12-10-16-49(53)50-17-11-13-19-54(50)62/h7-38H,1-6H3. The Morgan fingerprint density at radius 3 is 1.37 bits per heavy atom. The van der Waals surface area contributed by atoms with Gasteiger partial charge in [0.05, 0.1) is 22.4 Å². The molecule has 2 nitrogen and oxygen atoms in total. The zero-order chi connectivity index (χ0) is 42.3. The lowest BCUT2D eigenvalue weighted by Crippen LogP contribution is -2.16. The van der Waals surface area contributed by atoms with Crippen LogP contribution in [-0.4, -0.2) is 4.57 Å². The highest BCUT2D eigenvalue weighted by molar-refractivity contribution is 6.27. The molecule has 2 heteroatoms. The Bertz CT molecular complexity index is 3360. The van der Waals surface area contributed by atoms with Crippen molar-refractivity contribution in [3.63, 3.8) is 0 Å². The minimum atomic E-state index is 0.0396. The fraction of sp³-hybridized carbons (Fsp3) is 0.133. The fourth-order valence-electron chi connectivity index (χ4n) is 9.67. The summed E-state index contributed by atoms with van der Waals surface area (Å²) in [5.74, 6) is 0. The second-order valence-electron chi connectivity index (χ2n) is 19.1. The number of nitrogens with zero attached hydrogens (tertiary/aromatic N) is 2. The summed E-state index contributed by atoms with van der Waals surface area (Å²) in [4.78, 5) is 2.45. The first-order valence-corrected chi connectivity index (χ1v) is 21.9. The van der Waals surface area contributed by atoms with Crippen molar-refractivity contribution in [2.24, 2.45) is 0 Å². The molecule has 300 valence electrons. The predicted molar refractivity (Wildman–Crippen MR) is 267 cm³/mol. The Labute approximate surface area is 364 Å². The summed E-state index contributed by atoms with van der Waals surface area (Å²) in [7, 11) is 0. The summed E-state index contributed by atoms with van der Waals surface area (Å²) >= 11 is 0. The molecule has 0 saturated heterocycles. The number of para-hydroxylation sites is 2. The van der Waals surface area contributed by atoms with Crippen LogP contribution in [0.15, 0.2) is 194 Å². The summed E-state index contributed by atoms with van der Waals surface area (Å²) in [5, 5.41) is 10.1. The van der Waals surface area contributed by atoms with Gasteiger partial charge in [0.25, 0.3) is 0 Å². The van der Waals surface area contributed by atoms with Crippen molar-refractivity contribution in [2.75, 3.05) is 4.90 Å². The largest absolute Gasteiger partial charge is 0.310 e. The van der Waals surface area contributed by atoms with Crippen molar-refractivity contribution in [3.05, 3.63) is 205 Å². The highest BCUT2D eigenvalue weighted by atomic mass is 15.1. The van der Waals surface area contributed by atoms with Gasteiger partial charge < -0.3 is 9.47 Å². The molecule has 0 aliphatic heterocycles. The van der Waals surface area contributed by atoms with Gasteiger partial charge in [0.1, 0.15) is 0 Å². The molecule has 0 bridgehead atoms. The van der Waals surface area contributed by atoms with Crippen molar-refractivity contribution in [1.82, 2.24) is 4.57 Å². The first-order valence-electron chi connectivity index (χ1n) is 21.9. The van der Waals surface area contributed by atoms with E-state index in [2.05, 4.69) is 245 Å². The van der Waals surface area contributed by atoms with E-state index < -0.39 is 0 Å². The average Bonchev–Trinajstić information content (AvgIpc) is 3.63. The van der Waals surface area contributed by atoms with Crippen LogP contribution in [0.1, 0.15) is 52.7 Å². The predicted octanol–water partition coefficient (Wildman–Crippen LogP) is 17.1.